The lowest BCUT2D eigenvalue weighted by Gasteiger charge is -2.29. The first-order valence-corrected chi connectivity index (χ1v) is 11.3. The fourth-order valence-electron chi connectivity index (χ4n) is 4.72. The smallest absolute Gasteiger partial charge is 0.0994 e. The average molecular weight is 374 g/mol. The van der Waals surface area contributed by atoms with E-state index in [0.717, 1.165) is 35.8 Å². The van der Waals surface area contributed by atoms with Crippen LogP contribution < -0.4 is 0 Å². The van der Waals surface area contributed by atoms with E-state index in [9.17, 15) is 0 Å². The summed E-state index contributed by atoms with van der Waals surface area (Å²) >= 11 is 0. The summed E-state index contributed by atoms with van der Waals surface area (Å²) in [5, 5.41) is 9.06. The molecule has 1 fully saturated rings. The van der Waals surface area contributed by atoms with Gasteiger partial charge in [0.1, 0.15) is 0 Å². The van der Waals surface area contributed by atoms with Gasteiger partial charge in [0.05, 0.1) is 11.6 Å². The van der Waals surface area contributed by atoms with E-state index in [1.807, 2.05) is 13.0 Å². The van der Waals surface area contributed by atoms with Crippen LogP contribution in [0.4, 0.5) is 0 Å². The van der Waals surface area contributed by atoms with Gasteiger partial charge >= 0.3 is 0 Å². The second-order valence-electron chi connectivity index (χ2n) is 8.72. The number of hydrogen-bond donors (Lipinski definition) is 0. The molecule has 1 saturated carbocycles. The van der Waals surface area contributed by atoms with Crippen LogP contribution in [0.2, 0.25) is 0 Å². The standard InChI is InChI=1S/C27H35N/c1-3-4-5-6-22-9-14-25(15-10-22)26-16-11-23(12-17-26)7-8-24-13-18-27(20-28)21(2)19-24/h11-13,16-19,22,25H,3-10,14-15H2,1-2H3/t22-,25-. The van der Waals surface area contributed by atoms with E-state index in [0.29, 0.717) is 0 Å². The lowest BCUT2D eigenvalue weighted by Crippen LogP contribution is -2.13. The van der Waals surface area contributed by atoms with Gasteiger partial charge in [-0.25, -0.2) is 0 Å². The number of nitrogens with zero attached hydrogens (tertiary/aromatic N) is 1. The summed E-state index contributed by atoms with van der Waals surface area (Å²) in [6.07, 6.45) is 13.3. The third-order valence-electron chi connectivity index (χ3n) is 6.63. The van der Waals surface area contributed by atoms with E-state index in [4.69, 9.17) is 5.26 Å². The number of rotatable bonds is 8. The second-order valence-corrected chi connectivity index (χ2v) is 8.72. The predicted molar refractivity (Wildman–Crippen MR) is 119 cm³/mol. The minimum Gasteiger partial charge on any atom is -0.192 e. The Balaban J connectivity index is 1.48. The number of hydrogen-bond acceptors (Lipinski definition) is 1. The maximum Gasteiger partial charge on any atom is 0.0994 e. The maximum atomic E-state index is 9.06. The molecule has 0 atom stereocenters. The SMILES string of the molecule is CCCCC[C@H]1CC[C@H](c2ccc(CCc3ccc(C#N)c(C)c3)cc2)CC1. The van der Waals surface area contributed by atoms with E-state index < -0.39 is 0 Å². The Hall–Kier alpha value is -2.07. The van der Waals surface area contributed by atoms with Gasteiger partial charge in [0.2, 0.25) is 0 Å². The van der Waals surface area contributed by atoms with Crippen LogP contribution in [-0.4, -0.2) is 0 Å². The van der Waals surface area contributed by atoms with Crippen LogP contribution in [0.25, 0.3) is 0 Å². The lowest BCUT2D eigenvalue weighted by atomic mass is 9.77. The van der Waals surface area contributed by atoms with Gasteiger partial charge in [0.25, 0.3) is 0 Å². The van der Waals surface area contributed by atoms with Crippen LogP contribution >= 0.6 is 0 Å². The Bertz CT molecular complexity index is 773. The molecule has 2 aromatic rings. The molecule has 0 unspecified atom stereocenters. The van der Waals surface area contributed by atoms with Crippen molar-refractivity contribution in [2.75, 3.05) is 0 Å². The highest BCUT2D eigenvalue weighted by molar-refractivity contribution is 5.39. The zero-order valence-electron chi connectivity index (χ0n) is 17.7. The highest BCUT2D eigenvalue weighted by Gasteiger charge is 2.21. The van der Waals surface area contributed by atoms with Gasteiger partial charge in [-0.05, 0) is 85.6 Å². The quantitative estimate of drug-likeness (QED) is 0.439. The van der Waals surface area contributed by atoms with Crippen molar-refractivity contribution in [2.24, 2.45) is 5.92 Å². The van der Waals surface area contributed by atoms with Gasteiger partial charge in [-0.2, -0.15) is 5.26 Å². The normalized spacial score (nSPS) is 19.3. The van der Waals surface area contributed by atoms with E-state index in [1.165, 1.54) is 62.5 Å². The van der Waals surface area contributed by atoms with E-state index in [2.05, 4.69) is 49.4 Å². The molecule has 0 radical (unpaired) electrons. The second kappa shape index (κ2) is 10.5. The Morgan fingerprint density at radius 3 is 2.21 bits per heavy atom. The Morgan fingerprint density at radius 1 is 0.893 bits per heavy atom. The van der Waals surface area contributed by atoms with Gasteiger partial charge < -0.3 is 0 Å². The third-order valence-corrected chi connectivity index (χ3v) is 6.63. The highest BCUT2D eigenvalue weighted by atomic mass is 14.3. The van der Waals surface area contributed by atoms with Crippen LogP contribution in [0.3, 0.4) is 0 Å². The molecule has 3 rings (SSSR count). The molecular weight excluding hydrogens is 338 g/mol. The maximum absolute atomic E-state index is 9.06. The minimum atomic E-state index is 0.776. The number of nitriles is 1. The summed E-state index contributed by atoms with van der Waals surface area (Å²) in [5.41, 5.74) is 6.15. The molecule has 0 amide bonds. The summed E-state index contributed by atoms with van der Waals surface area (Å²) in [4.78, 5) is 0. The van der Waals surface area contributed by atoms with Crippen molar-refractivity contribution >= 4 is 0 Å². The van der Waals surface area contributed by atoms with Crippen molar-refractivity contribution in [1.29, 1.82) is 5.26 Å². The van der Waals surface area contributed by atoms with Crippen molar-refractivity contribution in [3.05, 3.63) is 70.3 Å². The van der Waals surface area contributed by atoms with Gasteiger partial charge in [-0.1, -0.05) is 69.0 Å². The molecule has 0 aliphatic heterocycles. The molecular formula is C27H35N. The number of benzene rings is 2. The van der Waals surface area contributed by atoms with Crippen LogP contribution in [0, 0.1) is 24.2 Å². The summed E-state index contributed by atoms with van der Waals surface area (Å²) in [7, 11) is 0. The van der Waals surface area contributed by atoms with Crippen LogP contribution in [0.5, 0.6) is 0 Å². The Labute approximate surface area is 171 Å². The predicted octanol–water partition coefficient (Wildman–Crippen LogP) is 7.51. The molecule has 0 heterocycles. The minimum absolute atomic E-state index is 0.776. The van der Waals surface area contributed by atoms with Crippen molar-refractivity contribution in [2.45, 2.75) is 84.0 Å². The molecule has 1 nitrogen and oxygen atoms in total. The fourth-order valence-corrected chi connectivity index (χ4v) is 4.72. The Morgan fingerprint density at radius 2 is 1.57 bits per heavy atom. The molecule has 1 aliphatic rings. The van der Waals surface area contributed by atoms with E-state index in [-0.39, 0.29) is 0 Å². The summed E-state index contributed by atoms with van der Waals surface area (Å²) in [6, 6.07) is 17.9. The first-order chi connectivity index (χ1) is 13.7. The Kier molecular flexibility index (Phi) is 7.72. The molecule has 0 N–H and O–H groups in total. The summed E-state index contributed by atoms with van der Waals surface area (Å²) in [5.74, 6) is 1.76. The van der Waals surface area contributed by atoms with Gasteiger partial charge in [-0.3, -0.25) is 0 Å². The van der Waals surface area contributed by atoms with E-state index in [1.54, 1.807) is 5.56 Å². The van der Waals surface area contributed by atoms with Crippen molar-refractivity contribution < 1.29 is 0 Å². The zero-order valence-corrected chi connectivity index (χ0v) is 17.7. The monoisotopic (exact) mass is 373 g/mol. The molecule has 28 heavy (non-hydrogen) atoms. The average Bonchev–Trinajstić information content (AvgIpc) is 2.73. The van der Waals surface area contributed by atoms with Crippen LogP contribution in [0.1, 0.15) is 92.0 Å². The lowest BCUT2D eigenvalue weighted by molar-refractivity contribution is 0.303. The van der Waals surface area contributed by atoms with E-state index >= 15 is 0 Å². The molecule has 0 spiro atoms. The number of unbranched alkanes of at least 4 members (excludes halogenated alkanes) is 2. The molecule has 0 saturated heterocycles. The topological polar surface area (TPSA) is 23.8 Å². The van der Waals surface area contributed by atoms with Crippen LogP contribution in [0.15, 0.2) is 42.5 Å². The van der Waals surface area contributed by atoms with Crippen molar-refractivity contribution in [1.82, 2.24) is 0 Å². The highest BCUT2D eigenvalue weighted by Crippen LogP contribution is 2.37. The molecule has 2 aromatic carbocycles. The van der Waals surface area contributed by atoms with Gasteiger partial charge in [0, 0.05) is 0 Å². The summed E-state index contributed by atoms with van der Waals surface area (Å²) < 4.78 is 0. The van der Waals surface area contributed by atoms with Crippen molar-refractivity contribution in [3.63, 3.8) is 0 Å². The number of aryl methyl sites for hydroxylation is 3. The first-order valence-electron chi connectivity index (χ1n) is 11.3. The third kappa shape index (κ3) is 5.71. The van der Waals surface area contributed by atoms with Crippen LogP contribution in [-0.2, 0) is 12.8 Å². The molecule has 1 aliphatic carbocycles. The zero-order chi connectivity index (χ0) is 19.8. The van der Waals surface area contributed by atoms with Gasteiger partial charge in [-0.15, -0.1) is 0 Å². The van der Waals surface area contributed by atoms with Crippen molar-refractivity contribution in [3.8, 4) is 6.07 Å². The van der Waals surface area contributed by atoms with Gasteiger partial charge in [0.15, 0.2) is 0 Å². The molecule has 0 aromatic heterocycles. The fraction of sp³-hybridized carbons (Fsp3) is 0.519. The molecule has 148 valence electrons. The molecule has 1 heteroatoms. The largest absolute Gasteiger partial charge is 0.192 e. The molecule has 0 bridgehead atoms. The first kappa shape index (κ1) is 20.7. The summed E-state index contributed by atoms with van der Waals surface area (Å²) in [6.45, 7) is 4.32.